The number of pyridine rings is 1. The van der Waals surface area contributed by atoms with E-state index < -0.39 is 0 Å². The van der Waals surface area contributed by atoms with E-state index in [0.29, 0.717) is 36.1 Å². The molecule has 0 bridgehead atoms. The van der Waals surface area contributed by atoms with Gasteiger partial charge < -0.3 is 14.8 Å². The molecule has 0 radical (unpaired) electrons. The first kappa shape index (κ1) is 16.6. The minimum Gasteiger partial charge on any atom is -0.484 e. The molecular weight excluding hydrogens is 342 g/mol. The van der Waals surface area contributed by atoms with Crippen LogP contribution in [0.5, 0.6) is 11.6 Å². The van der Waals surface area contributed by atoms with E-state index in [1.54, 1.807) is 13.1 Å². The fraction of sp³-hybridized carbons (Fsp3) is 0.429. The molecule has 1 aromatic carbocycles. The van der Waals surface area contributed by atoms with Crippen molar-refractivity contribution in [2.24, 2.45) is 11.8 Å². The molecule has 1 aliphatic carbocycles. The molecule has 6 heteroatoms. The van der Waals surface area contributed by atoms with Crippen molar-refractivity contribution in [3.63, 3.8) is 0 Å². The van der Waals surface area contributed by atoms with Crippen molar-refractivity contribution in [3.05, 3.63) is 53.7 Å². The van der Waals surface area contributed by atoms with E-state index in [2.05, 4.69) is 39.5 Å². The van der Waals surface area contributed by atoms with Crippen LogP contribution in [0.1, 0.15) is 24.2 Å². The van der Waals surface area contributed by atoms with Crippen LogP contribution in [0.4, 0.5) is 0 Å². The zero-order chi connectivity index (χ0) is 18.4. The highest BCUT2D eigenvalue weighted by atomic mass is 16.6. The molecule has 1 amide bonds. The lowest BCUT2D eigenvalue weighted by molar-refractivity contribution is -0.119. The Bertz CT molecular complexity index is 842. The molecular formula is C21H23N3O3. The highest BCUT2D eigenvalue weighted by molar-refractivity contribution is 5.73. The van der Waals surface area contributed by atoms with Crippen molar-refractivity contribution >= 4 is 5.91 Å². The van der Waals surface area contributed by atoms with Gasteiger partial charge in [0.05, 0.1) is 0 Å². The average Bonchev–Trinajstić information content (AvgIpc) is 3.11. The lowest BCUT2D eigenvalue weighted by Crippen LogP contribution is -2.33. The Balaban J connectivity index is 1.17. The normalized spacial score (nSPS) is 28.5. The molecule has 3 aliphatic rings. The van der Waals surface area contributed by atoms with Crippen molar-refractivity contribution in [1.82, 2.24) is 15.2 Å². The Morgan fingerprint density at radius 3 is 2.74 bits per heavy atom. The molecule has 1 saturated carbocycles. The molecule has 140 valence electrons. The summed E-state index contributed by atoms with van der Waals surface area (Å²) >= 11 is 0. The quantitative estimate of drug-likeness (QED) is 0.900. The zero-order valence-corrected chi connectivity index (χ0v) is 15.3. The topological polar surface area (TPSA) is 63.7 Å². The maximum Gasteiger partial charge on any atom is 0.257 e. The molecule has 2 fully saturated rings. The van der Waals surface area contributed by atoms with E-state index >= 15 is 0 Å². The van der Waals surface area contributed by atoms with E-state index in [1.807, 2.05) is 12.1 Å². The standard InChI is InChI=1S/C21H23N3O3/c1-13(25)23-20-16-10-24(11-17(16)20)9-14-4-6-15(7-5-14)19-12-26-18-3-2-8-22-21(18)27-19/h2-8,16-17,19-20H,9-12H2,1H3,(H,23,25)/t16-,17+,19-,20?/m1/s1. The van der Waals surface area contributed by atoms with Crippen LogP contribution in [0, 0.1) is 11.8 Å². The summed E-state index contributed by atoms with van der Waals surface area (Å²) in [5.41, 5.74) is 2.40. The second-order valence-electron chi connectivity index (χ2n) is 7.71. The first-order chi connectivity index (χ1) is 13.2. The second-order valence-corrected chi connectivity index (χ2v) is 7.71. The molecule has 27 heavy (non-hydrogen) atoms. The Labute approximate surface area is 158 Å². The van der Waals surface area contributed by atoms with Gasteiger partial charge in [0, 0.05) is 38.8 Å². The van der Waals surface area contributed by atoms with Gasteiger partial charge in [-0.15, -0.1) is 0 Å². The number of benzene rings is 1. The molecule has 1 saturated heterocycles. The third-order valence-corrected chi connectivity index (χ3v) is 5.78. The van der Waals surface area contributed by atoms with E-state index in [1.165, 1.54) is 5.56 Å². The molecule has 2 aliphatic heterocycles. The maximum absolute atomic E-state index is 11.2. The fourth-order valence-electron chi connectivity index (χ4n) is 4.36. The van der Waals surface area contributed by atoms with Crippen LogP contribution in [0.15, 0.2) is 42.6 Å². The van der Waals surface area contributed by atoms with Crippen LogP contribution in [-0.2, 0) is 11.3 Å². The number of likely N-dealkylation sites (tertiary alicyclic amines) is 1. The van der Waals surface area contributed by atoms with Crippen LogP contribution in [0.25, 0.3) is 0 Å². The molecule has 6 nitrogen and oxygen atoms in total. The van der Waals surface area contributed by atoms with E-state index in [-0.39, 0.29) is 12.0 Å². The molecule has 0 spiro atoms. The number of fused-ring (bicyclic) bond motifs is 2. The van der Waals surface area contributed by atoms with Gasteiger partial charge in [0.1, 0.15) is 6.61 Å². The summed E-state index contributed by atoms with van der Waals surface area (Å²) in [4.78, 5) is 17.9. The minimum atomic E-state index is -0.126. The van der Waals surface area contributed by atoms with Crippen LogP contribution in [-0.4, -0.2) is 41.5 Å². The van der Waals surface area contributed by atoms with E-state index in [9.17, 15) is 4.79 Å². The predicted molar refractivity (Wildman–Crippen MR) is 99.4 cm³/mol. The molecule has 1 unspecified atom stereocenters. The van der Waals surface area contributed by atoms with Crippen LogP contribution in [0.3, 0.4) is 0 Å². The highest BCUT2D eigenvalue weighted by Crippen LogP contribution is 2.45. The SMILES string of the molecule is CC(=O)NC1[C@H]2CN(Cc3ccc([C@H]4COc5cccnc5O4)cc3)C[C@@H]12. The van der Waals surface area contributed by atoms with Gasteiger partial charge in [-0.25, -0.2) is 4.98 Å². The first-order valence-electron chi connectivity index (χ1n) is 9.50. The number of piperidine rings is 1. The number of ether oxygens (including phenoxy) is 2. The number of carbonyl (C=O) groups excluding carboxylic acids is 1. The summed E-state index contributed by atoms with van der Waals surface area (Å²) in [7, 11) is 0. The number of hydrogen-bond acceptors (Lipinski definition) is 5. The van der Waals surface area contributed by atoms with Crippen LogP contribution < -0.4 is 14.8 Å². The third-order valence-electron chi connectivity index (χ3n) is 5.78. The van der Waals surface area contributed by atoms with E-state index in [0.717, 1.165) is 25.2 Å². The Hall–Kier alpha value is -2.60. The van der Waals surface area contributed by atoms with Crippen LogP contribution >= 0.6 is 0 Å². The lowest BCUT2D eigenvalue weighted by Gasteiger charge is -2.26. The summed E-state index contributed by atoms with van der Waals surface area (Å²) in [5, 5.41) is 3.06. The molecule has 1 aromatic heterocycles. The number of carbonyl (C=O) groups is 1. The van der Waals surface area contributed by atoms with Crippen molar-refractivity contribution in [1.29, 1.82) is 0 Å². The first-order valence-corrected chi connectivity index (χ1v) is 9.50. The molecule has 5 rings (SSSR count). The summed E-state index contributed by atoms with van der Waals surface area (Å²) in [5.74, 6) is 2.61. The summed E-state index contributed by atoms with van der Waals surface area (Å²) in [6.07, 6.45) is 1.59. The zero-order valence-electron chi connectivity index (χ0n) is 15.3. The Morgan fingerprint density at radius 2 is 2.00 bits per heavy atom. The largest absolute Gasteiger partial charge is 0.484 e. The maximum atomic E-state index is 11.2. The molecule has 1 N–H and O–H groups in total. The van der Waals surface area contributed by atoms with Gasteiger partial charge in [0.2, 0.25) is 5.91 Å². The van der Waals surface area contributed by atoms with Crippen molar-refractivity contribution in [2.75, 3.05) is 19.7 Å². The van der Waals surface area contributed by atoms with Gasteiger partial charge in [-0.1, -0.05) is 24.3 Å². The monoisotopic (exact) mass is 365 g/mol. The van der Waals surface area contributed by atoms with E-state index in [4.69, 9.17) is 9.47 Å². The number of amides is 1. The third kappa shape index (κ3) is 3.25. The van der Waals surface area contributed by atoms with Gasteiger partial charge in [-0.2, -0.15) is 0 Å². The van der Waals surface area contributed by atoms with Crippen molar-refractivity contribution < 1.29 is 14.3 Å². The number of nitrogens with zero attached hydrogens (tertiary/aromatic N) is 2. The number of hydrogen-bond donors (Lipinski definition) is 1. The smallest absolute Gasteiger partial charge is 0.257 e. The van der Waals surface area contributed by atoms with Crippen molar-refractivity contribution in [2.45, 2.75) is 25.6 Å². The number of rotatable bonds is 4. The lowest BCUT2D eigenvalue weighted by atomic mass is 10.1. The second kappa shape index (κ2) is 6.53. The summed E-state index contributed by atoms with van der Waals surface area (Å²) in [6.45, 7) is 5.19. The predicted octanol–water partition coefficient (Wildman–Crippen LogP) is 2.16. The molecule has 2 aromatic rings. The van der Waals surface area contributed by atoms with Gasteiger partial charge >= 0.3 is 0 Å². The van der Waals surface area contributed by atoms with Gasteiger partial charge in [0.15, 0.2) is 11.9 Å². The van der Waals surface area contributed by atoms with Crippen LogP contribution in [0.2, 0.25) is 0 Å². The van der Waals surface area contributed by atoms with Crippen molar-refractivity contribution in [3.8, 4) is 11.6 Å². The minimum absolute atomic E-state index is 0.0864. The fourth-order valence-corrected chi connectivity index (χ4v) is 4.36. The van der Waals surface area contributed by atoms with Gasteiger partial charge in [-0.3, -0.25) is 9.69 Å². The Morgan fingerprint density at radius 1 is 1.22 bits per heavy atom. The summed E-state index contributed by atoms with van der Waals surface area (Å²) < 4.78 is 11.7. The number of nitrogens with one attached hydrogen (secondary N) is 1. The highest BCUT2D eigenvalue weighted by Gasteiger charge is 2.55. The van der Waals surface area contributed by atoms with Gasteiger partial charge in [0.25, 0.3) is 5.88 Å². The average molecular weight is 365 g/mol. The van der Waals surface area contributed by atoms with Gasteiger partial charge in [-0.05, 0) is 35.1 Å². The molecule has 4 atom stereocenters. The summed E-state index contributed by atoms with van der Waals surface area (Å²) in [6, 6.07) is 12.7. The number of aromatic nitrogens is 1. The Kier molecular flexibility index (Phi) is 4.01. The molecule has 3 heterocycles.